The van der Waals surface area contributed by atoms with Crippen LogP contribution in [0.15, 0.2) is 59.6 Å². The normalized spacial score (nSPS) is 16.7. The van der Waals surface area contributed by atoms with E-state index >= 15 is 0 Å². The van der Waals surface area contributed by atoms with Crippen LogP contribution in [0.2, 0.25) is 0 Å². The first-order chi connectivity index (χ1) is 12.8. The van der Waals surface area contributed by atoms with Gasteiger partial charge in [-0.1, -0.05) is 48.5 Å². The number of carbonyl (C=O) groups is 1. The Kier molecular flexibility index (Phi) is 5.26. The molecule has 142 valence electrons. The molecule has 27 heavy (non-hydrogen) atoms. The quantitative estimate of drug-likeness (QED) is 0.719. The fourth-order valence-electron chi connectivity index (χ4n) is 3.05. The first kappa shape index (κ1) is 19.0. The minimum absolute atomic E-state index is 0.127. The number of hydrogen-bond acceptors (Lipinski definition) is 4. The van der Waals surface area contributed by atoms with E-state index in [0.717, 1.165) is 5.56 Å². The van der Waals surface area contributed by atoms with Crippen molar-refractivity contribution >= 4 is 17.5 Å². The van der Waals surface area contributed by atoms with E-state index in [1.807, 2.05) is 30.3 Å². The summed E-state index contributed by atoms with van der Waals surface area (Å²) in [5.41, 5.74) is 1.00. The SMILES string of the molecule is CC(C)(C)OC(=O)C1c2ccccc2N=C(C(F)F)N1Cc1ccccc1. The highest BCUT2D eigenvalue weighted by atomic mass is 19.3. The Morgan fingerprint density at radius 2 is 1.74 bits per heavy atom. The van der Waals surface area contributed by atoms with Gasteiger partial charge in [-0.2, -0.15) is 0 Å². The summed E-state index contributed by atoms with van der Waals surface area (Å²) in [7, 11) is 0. The van der Waals surface area contributed by atoms with Crippen LogP contribution in [0.4, 0.5) is 14.5 Å². The lowest BCUT2D eigenvalue weighted by atomic mass is 9.99. The lowest BCUT2D eigenvalue weighted by molar-refractivity contribution is -0.160. The number of halogens is 2. The first-order valence-electron chi connectivity index (χ1n) is 8.75. The number of alkyl halides is 2. The van der Waals surface area contributed by atoms with Crippen LogP contribution in [0.3, 0.4) is 0 Å². The minimum atomic E-state index is -2.81. The van der Waals surface area contributed by atoms with Gasteiger partial charge in [-0.15, -0.1) is 0 Å². The van der Waals surface area contributed by atoms with Crippen molar-refractivity contribution in [1.29, 1.82) is 0 Å². The molecule has 0 N–H and O–H groups in total. The van der Waals surface area contributed by atoms with Gasteiger partial charge in [0.15, 0.2) is 11.9 Å². The van der Waals surface area contributed by atoms with Crippen LogP contribution in [-0.4, -0.2) is 28.7 Å². The average Bonchev–Trinajstić information content (AvgIpc) is 2.60. The molecule has 3 rings (SSSR count). The summed E-state index contributed by atoms with van der Waals surface area (Å²) in [4.78, 5) is 18.5. The summed E-state index contributed by atoms with van der Waals surface area (Å²) in [6.45, 7) is 5.39. The highest BCUT2D eigenvalue weighted by Crippen LogP contribution is 2.38. The second-order valence-corrected chi connectivity index (χ2v) is 7.38. The van der Waals surface area contributed by atoms with Crippen LogP contribution in [-0.2, 0) is 16.1 Å². The van der Waals surface area contributed by atoms with Crippen LogP contribution < -0.4 is 0 Å². The summed E-state index contributed by atoms with van der Waals surface area (Å²) >= 11 is 0. The molecule has 0 radical (unpaired) electrons. The molecule has 4 nitrogen and oxygen atoms in total. The highest BCUT2D eigenvalue weighted by Gasteiger charge is 2.40. The molecule has 0 amide bonds. The van der Waals surface area contributed by atoms with E-state index in [9.17, 15) is 13.6 Å². The van der Waals surface area contributed by atoms with E-state index in [-0.39, 0.29) is 6.54 Å². The lowest BCUT2D eigenvalue weighted by Gasteiger charge is -2.37. The van der Waals surface area contributed by atoms with E-state index in [1.165, 1.54) is 4.90 Å². The highest BCUT2D eigenvalue weighted by molar-refractivity contribution is 5.95. The van der Waals surface area contributed by atoms with E-state index < -0.39 is 29.9 Å². The zero-order chi connectivity index (χ0) is 19.6. The third kappa shape index (κ3) is 4.32. The van der Waals surface area contributed by atoms with Crippen LogP contribution in [0.25, 0.3) is 0 Å². The number of nitrogens with zero attached hydrogens (tertiary/aromatic N) is 2. The van der Waals surface area contributed by atoms with Gasteiger partial charge in [0.25, 0.3) is 6.43 Å². The fraction of sp³-hybridized carbons (Fsp3) is 0.333. The van der Waals surface area contributed by atoms with E-state index in [4.69, 9.17) is 4.74 Å². The summed E-state index contributed by atoms with van der Waals surface area (Å²) in [5.74, 6) is -0.993. The van der Waals surface area contributed by atoms with Crippen molar-refractivity contribution in [2.75, 3.05) is 0 Å². The predicted molar refractivity (Wildman–Crippen MR) is 100 cm³/mol. The standard InChI is InChI=1S/C21H22F2N2O2/c1-21(2,3)27-20(26)17-15-11-7-8-12-16(15)24-19(18(22)23)25(17)13-14-9-5-4-6-10-14/h4-12,17-18H,13H2,1-3H3. The Bertz CT molecular complexity index is 845. The zero-order valence-electron chi connectivity index (χ0n) is 15.5. The second kappa shape index (κ2) is 7.47. The van der Waals surface area contributed by atoms with Gasteiger partial charge in [0.2, 0.25) is 0 Å². The average molecular weight is 372 g/mol. The maximum Gasteiger partial charge on any atom is 0.334 e. The molecule has 0 bridgehead atoms. The Labute approximate surface area is 157 Å². The van der Waals surface area contributed by atoms with Crippen molar-refractivity contribution in [2.45, 2.75) is 45.4 Å². The molecule has 0 saturated carbocycles. The fourth-order valence-corrected chi connectivity index (χ4v) is 3.05. The van der Waals surface area contributed by atoms with Gasteiger partial charge in [0.05, 0.1) is 5.69 Å². The molecular weight excluding hydrogens is 350 g/mol. The van der Waals surface area contributed by atoms with Crippen molar-refractivity contribution in [3.63, 3.8) is 0 Å². The molecule has 1 unspecified atom stereocenters. The maximum absolute atomic E-state index is 13.8. The van der Waals surface area contributed by atoms with Gasteiger partial charge in [-0.05, 0) is 32.4 Å². The molecule has 2 aromatic carbocycles. The third-order valence-electron chi connectivity index (χ3n) is 4.09. The number of esters is 1. The molecule has 0 fully saturated rings. The van der Waals surface area contributed by atoms with Crippen LogP contribution >= 0.6 is 0 Å². The smallest absolute Gasteiger partial charge is 0.334 e. The van der Waals surface area contributed by atoms with Gasteiger partial charge in [-0.3, -0.25) is 0 Å². The van der Waals surface area contributed by atoms with E-state index in [2.05, 4.69) is 4.99 Å². The van der Waals surface area contributed by atoms with Crippen LogP contribution in [0, 0.1) is 0 Å². The molecule has 1 aliphatic rings. The molecule has 6 heteroatoms. The van der Waals surface area contributed by atoms with Crippen LogP contribution in [0.5, 0.6) is 0 Å². The largest absolute Gasteiger partial charge is 0.458 e. The van der Waals surface area contributed by atoms with Crippen molar-refractivity contribution in [3.8, 4) is 0 Å². The maximum atomic E-state index is 13.8. The molecular formula is C21H22F2N2O2. The molecule has 0 aromatic heterocycles. The third-order valence-corrected chi connectivity index (χ3v) is 4.09. The number of hydrogen-bond donors (Lipinski definition) is 0. The molecule has 0 saturated heterocycles. The molecule has 2 aromatic rings. The van der Waals surface area contributed by atoms with Crippen molar-refractivity contribution in [3.05, 3.63) is 65.7 Å². The Balaban J connectivity index is 2.08. The minimum Gasteiger partial charge on any atom is -0.458 e. The van der Waals surface area contributed by atoms with Crippen molar-refractivity contribution in [2.24, 2.45) is 4.99 Å². The summed E-state index contributed by atoms with van der Waals surface area (Å²) in [6.07, 6.45) is -2.81. The monoisotopic (exact) mass is 372 g/mol. The van der Waals surface area contributed by atoms with Gasteiger partial charge in [0, 0.05) is 12.1 Å². The number of amidine groups is 1. The van der Waals surface area contributed by atoms with Gasteiger partial charge in [-0.25, -0.2) is 18.6 Å². The lowest BCUT2D eigenvalue weighted by Crippen LogP contribution is -2.45. The zero-order valence-corrected chi connectivity index (χ0v) is 15.5. The number of rotatable bonds is 4. The van der Waals surface area contributed by atoms with Crippen molar-refractivity contribution in [1.82, 2.24) is 4.90 Å². The van der Waals surface area contributed by atoms with E-state index in [1.54, 1.807) is 45.0 Å². The van der Waals surface area contributed by atoms with E-state index in [0.29, 0.717) is 11.3 Å². The van der Waals surface area contributed by atoms with Crippen LogP contribution in [0.1, 0.15) is 37.9 Å². The Morgan fingerprint density at radius 1 is 1.11 bits per heavy atom. The summed E-state index contributed by atoms with van der Waals surface area (Å²) in [5, 5.41) is 0. The first-order valence-corrected chi connectivity index (χ1v) is 8.75. The van der Waals surface area contributed by atoms with Gasteiger partial charge >= 0.3 is 5.97 Å². The topological polar surface area (TPSA) is 41.9 Å². The number of benzene rings is 2. The molecule has 1 aliphatic heterocycles. The van der Waals surface area contributed by atoms with Crippen molar-refractivity contribution < 1.29 is 18.3 Å². The Hall–Kier alpha value is -2.76. The molecule has 0 aliphatic carbocycles. The predicted octanol–water partition coefficient (Wildman–Crippen LogP) is 4.88. The summed E-state index contributed by atoms with van der Waals surface area (Å²) < 4.78 is 33.2. The number of ether oxygens (including phenoxy) is 1. The number of aliphatic imine (C=N–C) groups is 1. The molecule has 0 spiro atoms. The molecule has 1 heterocycles. The van der Waals surface area contributed by atoms with Gasteiger partial charge < -0.3 is 9.64 Å². The number of para-hydroxylation sites is 1. The van der Waals surface area contributed by atoms with Gasteiger partial charge in [0.1, 0.15) is 5.60 Å². The summed E-state index contributed by atoms with van der Waals surface area (Å²) in [6, 6.07) is 15.0. The Morgan fingerprint density at radius 3 is 2.37 bits per heavy atom. The number of carbonyl (C=O) groups excluding carboxylic acids is 1. The molecule has 1 atom stereocenters. The second-order valence-electron chi connectivity index (χ2n) is 7.38. The number of fused-ring (bicyclic) bond motifs is 1.